The number of hydrogen-bond donors (Lipinski definition) is 2. The molecule has 2 atom stereocenters. The van der Waals surface area contributed by atoms with E-state index in [1.165, 1.54) is 26.4 Å². The average Bonchev–Trinajstić information content (AvgIpc) is 3.00. The van der Waals surface area contributed by atoms with Gasteiger partial charge in [-0.05, 0) is 54.4 Å². The van der Waals surface area contributed by atoms with Crippen LogP contribution < -0.4 is 29.6 Å². The fourth-order valence-corrected chi connectivity index (χ4v) is 5.20. The first kappa shape index (κ1) is 29.7. The summed E-state index contributed by atoms with van der Waals surface area (Å²) in [7, 11) is 2.92. The molecule has 0 unspecified atom stereocenters. The van der Waals surface area contributed by atoms with Gasteiger partial charge in [0.1, 0.15) is 23.4 Å². The van der Waals surface area contributed by atoms with Crippen LogP contribution >= 0.6 is 0 Å². The molecule has 4 bridgehead atoms. The predicted octanol–water partition coefficient (Wildman–Crippen LogP) is 3.18. The Morgan fingerprint density at radius 1 is 1.05 bits per heavy atom. The summed E-state index contributed by atoms with van der Waals surface area (Å²) >= 11 is 0. The SMILES string of the molecule is COc1ccc(CC(=O)N2CC[C@H]3Oc4ccc(c(OC)c4)CNC(=O)COc4cc(ccc4C)C(=O)N[C@H]3C2)cc1F. The second kappa shape index (κ2) is 13.0. The van der Waals surface area contributed by atoms with E-state index in [4.69, 9.17) is 18.9 Å². The van der Waals surface area contributed by atoms with Gasteiger partial charge < -0.3 is 34.5 Å². The summed E-state index contributed by atoms with van der Waals surface area (Å²) in [6.45, 7) is 2.41. The number of amides is 3. The van der Waals surface area contributed by atoms with Gasteiger partial charge in [0.15, 0.2) is 18.2 Å². The molecular formula is C32H34FN3O7. The molecule has 0 radical (unpaired) electrons. The van der Waals surface area contributed by atoms with Crippen molar-refractivity contribution in [3.05, 3.63) is 82.7 Å². The highest BCUT2D eigenvalue weighted by Crippen LogP contribution is 2.28. The minimum absolute atomic E-state index is 0.00280. The molecule has 3 amide bonds. The maximum Gasteiger partial charge on any atom is 0.258 e. The van der Waals surface area contributed by atoms with E-state index < -0.39 is 18.0 Å². The number of nitrogens with zero attached hydrogens (tertiary/aromatic N) is 1. The van der Waals surface area contributed by atoms with Crippen molar-refractivity contribution < 1.29 is 37.7 Å². The molecule has 3 aliphatic heterocycles. The van der Waals surface area contributed by atoms with Crippen LogP contribution in [0.25, 0.3) is 0 Å². The minimum Gasteiger partial charge on any atom is -0.496 e. The quantitative estimate of drug-likeness (QED) is 0.479. The van der Waals surface area contributed by atoms with Crippen LogP contribution in [0, 0.1) is 12.7 Å². The Morgan fingerprint density at radius 2 is 1.86 bits per heavy atom. The van der Waals surface area contributed by atoms with E-state index >= 15 is 0 Å². The van der Waals surface area contributed by atoms with Crippen molar-refractivity contribution in [2.45, 2.75) is 38.5 Å². The number of benzene rings is 3. The van der Waals surface area contributed by atoms with Crippen molar-refractivity contribution in [3.63, 3.8) is 0 Å². The number of piperidine rings is 1. The lowest BCUT2D eigenvalue weighted by Crippen LogP contribution is -2.58. The topological polar surface area (TPSA) is 115 Å². The first-order valence-corrected chi connectivity index (χ1v) is 14.0. The Balaban J connectivity index is 1.41. The van der Waals surface area contributed by atoms with Crippen molar-refractivity contribution in [2.24, 2.45) is 0 Å². The van der Waals surface area contributed by atoms with Crippen LogP contribution in [-0.4, -0.2) is 68.7 Å². The number of hydrogen-bond acceptors (Lipinski definition) is 7. The van der Waals surface area contributed by atoms with Gasteiger partial charge in [-0.3, -0.25) is 14.4 Å². The van der Waals surface area contributed by atoms with Gasteiger partial charge in [0.2, 0.25) is 5.91 Å². The van der Waals surface area contributed by atoms with Gasteiger partial charge in [-0.15, -0.1) is 0 Å². The summed E-state index contributed by atoms with van der Waals surface area (Å²) in [5, 5.41) is 5.86. The van der Waals surface area contributed by atoms with E-state index in [-0.39, 0.29) is 49.6 Å². The van der Waals surface area contributed by atoms with Crippen LogP contribution in [0.5, 0.6) is 23.0 Å². The van der Waals surface area contributed by atoms with Gasteiger partial charge in [-0.1, -0.05) is 12.1 Å². The molecule has 0 aliphatic carbocycles. The van der Waals surface area contributed by atoms with Crippen LogP contribution in [0.2, 0.25) is 0 Å². The zero-order valence-corrected chi connectivity index (χ0v) is 24.3. The molecule has 0 saturated carbocycles. The van der Waals surface area contributed by atoms with Crippen molar-refractivity contribution in [1.82, 2.24) is 15.5 Å². The Kier molecular flexibility index (Phi) is 8.98. The van der Waals surface area contributed by atoms with Crippen molar-refractivity contribution in [3.8, 4) is 23.0 Å². The number of carbonyl (C=O) groups excluding carboxylic acids is 3. The fraction of sp³-hybridized carbons (Fsp3) is 0.344. The molecule has 1 fully saturated rings. The molecule has 6 rings (SSSR count). The first-order chi connectivity index (χ1) is 20.7. The molecule has 0 spiro atoms. The Hall–Kier alpha value is -4.80. The molecule has 43 heavy (non-hydrogen) atoms. The number of halogens is 1. The zero-order valence-electron chi connectivity index (χ0n) is 24.3. The van der Waals surface area contributed by atoms with Crippen molar-refractivity contribution >= 4 is 17.7 Å². The molecule has 1 saturated heterocycles. The summed E-state index contributed by atoms with van der Waals surface area (Å²) < 4.78 is 36.9. The smallest absolute Gasteiger partial charge is 0.258 e. The molecule has 0 aromatic heterocycles. The lowest BCUT2D eigenvalue weighted by molar-refractivity contribution is -0.133. The van der Waals surface area contributed by atoms with Crippen molar-refractivity contribution in [1.29, 1.82) is 0 Å². The molecule has 10 nitrogen and oxygen atoms in total. The third-order valence-electron chi connectivity index (χ3n) is 7.62. The first-order valence-electron chi connectivity index (χ1n) is 14.0. The van der Waals surface area contributed by atoms with E-state index in [1.54, 1.807) is 47.4 Å². The van der Waals surface area contributed by atoms with Gasteiger partial charge >= 0.3 is 0 Å². The van der Waals surface area contributed by atoms with Crippen LogP contribution in [0.1, 0.15) is 33.5 Å². The Morgan fingerprint density at radius 3 is 2.63 bits per heavy atom. The number of carbonyl (C=O) groups is 3. The molecule has 3 aromatic carbocycles. The standard InChI is InChI=1S/C32H34FN3O7/c1-19-4-6-21-14-28(19)42-18-30(37)34-16-22-7-8-23(15-29(22)41-3)43-27-10-11-36(17-25(27)35-32(21)39)31(38)13-20-5-9-26(40-2)24(33)12-20/h4-9,12,14-15,25,27H,10-11,13,16-18H2,1-3H3,(H,34,37)(H,35,39)/t25-,27+/m0/s1. The number of fused-ring (bicyclic) bond motifs is 7. The van der Waals surface area contributed by atoms with Crippen molar-refractivity contribution in [2.75, 3.05) is 33.9 Å². The highest BCUT2D eigenvalue weighted by Gasteiger charge is 2.34. The van der Waals surface area contributed by atoms with Gasteiger partial charge in [-0.2, -0.15) is 0 Å². The number of ether oxygens (including phenoxy) is 4. The molecule has 3 heterocycles. The maximum atomic E-state index is 14.2. The number of nitrogens with one attached hydrogen (secondary N) is 2. The average molecular weight is 592 g/mol. The second-order valence-corrected chi connectivity index (χ2v) is 10.5. The van der Waals surface area contributed by atoms with E-state index in [0.717, 1.165) is 11.1 Å². The molecular weight excluding hydrogens is 557 g/mol. The van der Waals surface area contributed by atoms with E-state index in [2.05, 4.69) is 10.6 Å². The number of methoxy groups -OCH3 is 2. The van der Waals surface area contributed by atoms with Gasteiger partial charge in [0.25, 0.3) is 11.8 Å². The molecule has 3 aliphatic rings. The number of likely N-dealkylation sites (tertiary alicyclic amines) is 1. The maximum absolute atomic E-state index is 14.2. The van der Waals surface area contributed by atoms with E-state index in [9.17, 15) is 18.8 Å². The Bertz CT molecular complexity index is 1530. The monoisotopic (exact) mass is 591 g/mol. The van der Waals surface area contributed by atoms with Crippen LogP contribution in [-0.2, 0) is 22.6 Å². The summed E-state index contributed by atoms with van der Waals surface area (Å²) in [4.78, 5) is 40.9. The van der Waals surface area contributed by atoms with Crippen LogP contribution in [0.3, 0.4) is 0 Å². The molecule has 11 heteroatoms. The van der Waals surface area contributed by atoms with Crippen LogP contribution in [0.4, 0.5) is 4.39 Å². The predicted molar refractivity (Wildman–Crippen MR) is 155 cm³/mol. The summed E-state index contributed by atoms with van der Waals surface area (Å²) in [5.41, 5.74) is 2.38. The van der Waals surface area contributed by atoms with Gasteiger partial charge in [0, 0.05) is 43.2 Å². The lowest BCUT2D eigenvalue weighted by Gasteiger charge is -2.39. The fourth-order valence-electron chi connectivity index (χ4n) is 5.20. The van der Waals surface area contributed by atoms with E-state index in [1.807, 2.05) is 6.92 Å². The van der Waals surface area contributed by atoms with Gasteiger partial charge in [-0.25, -0.2) is 4.39 Å². The van der Waals surface area contributed by atoms with Crippen LogP contribution in [0.15, 0.2) is 54.6 Å². The third kappa shape index (κ3) is 6.99. The zero-order chi connectivity index (χ0) is 30.5. The number of rotatable bonds is 4. The third-order valence-corrected chi connectivity index (χ3v) is 7.62. The summed E-state index contributed by atoms with van der Waals surface area (Å²) in [6, 6.07) is 14.2. The highest BCUT2D eigenvalue weighted by molar-refractivity contribution is 5.95. The lowest BCUT2D eigenvalue weighted by atomic mass is 9.99. The second-order valence-electron chi connectivity index (χ2n) is 10.5. The number of aryl methyl sites for hydroxylation is 1. The van der Waals surface area contributed by atoms with E-state index in [0.29, 0.717) is 41.3 Å². The summed E-state index contributed by atoms with van der Waals surface area (Å²) in [6.07, 6.45) is -0.0220. The normalized spacial score (nSPS) is 18.7. The van der Waals surface area contributed by atoms with Gasteiger partial charge in [0.05, 0.1) is 26.7 Å². The molecule has 2 N–H and O–H groups in total. The Labute approximate surface area is 249 Å². The molecule has 226 valence electrons. The molecule has 3 aromatic rings. The summed E-state index contributed by atoms with van der Waals surface area (Å²) in [5.74, 6) is 0.133. The minimum atomic E-state index is -0.562. The highest BCUT2D eigenvalue weighted by atomic mass is 19.1. The largest absolute Gasteiger partial charge is 0.496 e.